The lowest BCUT2D eigenvalue weighted by molar-refractivity contribution is -0.144. The molecule has 2 aromatic carbocycles. The molecule has 29 heavy (non-hydrogen) atoms. The van der Waals surface area contributed by atoms with E-state index in [1.165, 1.54) is 14.0 Å². The fourth-order valence-electron chi connectivity index (χ4n) is 3.56. The number of allylic oxidation sites excluding steroid dienone is 2. The predicted molar refractivity (Wildman–Crippen MR) is 110 cm³/mol. The first-order valence-corrected chi connectivity index (χ1v) is 9.17. The summed E-state index contributed by atoms with van der Waals surface area (Å²) in [6, 6.07) is 14.3. The minimum absolute atomic E-state index is 0.332. The van der Waals surface area contributed by atoms with Crippen molar-refractivity contribution in [1.29, 1.82) is 0 Å². The largest absolute Gasteiger partial charge is 0.497 e. The van der Waals surface area contributed by atoms with Gasteiger partial charge in [-0.2, -0.15) is 0 Å². The second-order valence-corrected chi connectivity index (χ2v) is 6.85. The number of ether oxygens (including phenoxy) is 3. The second kappa shape index (κ2) is 8.31. The van der Waals surface area contributed by atoms with Gasteiger partial charge in [-0.25, -0.2) is 4.99 Å². The lowest BCUT2D eigenvalue weighted by atomic mass is 9.76. The number of hydrogen-bond acceptors (Lipinski definition) is 6. The van der Waals surface area contributed by atoms with Crippen LogP contribution in [0.3, 0.4) is 0 Å². The summed E-state index contributed by atoms with van der Waals surface area (Å²) in [4.78, 5) is 29.2. The highest BCUT2D eigenvalue weighted by Crippen LogP contribution is 2.42. The minimum Gasteiger partial charge on any atom is -0.497 e. The lowest BCUT2D eigenvalue weighted by Gasteiger charge is -2.28. The molecule has 0 spiro atoms. The van der Waals surface area contributed by atoms with Crippen LogP contribution < -0.4 is 9.47 Å². The van der Waals surface area contributed by atoms with Crippen molar-refractivity contribution < 1.29 is 23.8 Å². The van der Waals surface area contributed by atoms with Gasteiger partial charge in [-0.15, -0.1) is 0 Å². The Balaban J connectivity index is 2.18. The van der Waals surface area contributed by atoms with Crippen LogP contribution >= 0.6 is 0 Å². The molecule has 1 aliphatic rings. The maximum Gasteiger partial charge on any atom is 0.322 e. The van der Waals surface area contributed by atoms with E-state index in [0.717, 1.165) is 11.1 Å². The SMILES string of the molecule is COC(=O)C1(c2ccc(OC)cc2)CC(C)=CC1=Nc1ccccc1OC(C)=O. The molecular weight excluding hydrogens is 370 g/mol. The summed E-state index contributed by atoms with van der Waals surface area (Å²) in [5.41, 5.74) is 1.66. The number of carbonyl (C=O) groups is 2. The number of carbonyl (C=O) groups excluding carboxylic acids is 2. The van der Waals surface area contributed by atoms with Gasteiger partial charge in [0.05, 0.1) is 19.9 Å². The standard InChI is InChI=1S/C23H23NO5/c1-15-13-21(24-19-7-5-6-8-20(19)29-16(2)25)23(14-15,22(26)28-4)17-9-11-18(27-3)12-10-17/h5-13H,14H2,1-4H3. The minimum atomic E-state index is -1.09. The van der Waals surface area contributed by atoms with Crippen molar-refractivity contribution >= 4 is 23.3 Å². The molecule has 3 rings (SSSR count). The molecule has 0 saturated carbocycles. The number of methoxy groups -OCH3 is 2. The molecule has 1 unspecified atom stereocenters. The van der Waals surface area contributed by atoms with Crippen molar-refractivity contribution in [3.8, 4) is 11.5 Å². The third-order valence-corrected chi connectivity index (χ3v) is 4.84. The fourth-order valence-corrected chi connectivity index (χ4v) is 3.56. The molecule has 0 bridgehead atoms. The Morgan fingerprint density at radius 1 is 1.03 bits per heavy atom. The lowest BCUT2D eigenvalue weighted by Crippen LogP contribution is -2.41. The molecule has 6 nitrogen and oxygen atoms in total. The molecule has 6 heteroatoms. The highest BCUT2D eigenvalue weighted by Gasteiger charge is 2.49. The summed E-state index contributed by atoms with van der Waals surface area (Å²) in [7, 11) is 2.96. The Morgan fingerprint density at radius 3 is 2.34 bits per heavy atom. The van der Waals surface area contributed by atoms with Gasteiger partial charge < -0.3 is 14.2 Å². The quantitative estimate of drug-likeness (QED) is 0.563. The van der Waals surface area contributed by atoms with Crippen molar-refractivity contribution in [2.75, 3.05) is 14.2 Å². The summed E-state index contributed by atoms with van der Waals surface area (Å²) < 4.78 is 15.7. The van der Waals surface area contributed by atoms with Crippen LogP contribution in [0.15, 0.2) is 65.2 Å². The van der Waals surface area contributed by atoms with E-state index >= 15 is 0 Å². The monoisotopic (exact) mass is 393 g/mol. The van der Waals surface area contributed by atoms with Crippen LogP contribution in [0.1, 0.15) is 25.8 Å². The maximum absolute atomic E-state index is 13.0. The van der Waals surface area contributed by atoms with Crippen molar-refractivity contribution in [2.24, 2.45) is 4.99 Å². The highest BCUT2D eigenvalue weighted by molar-refractivity contribution is 6.20. The molecule has 0 amide bonds. The van der Waals surface area contributed by atoms with Crippen LogP contribution in [0, 0.1) is 0 Å². The average Bonchev–Trinajstić information content (AvgIpc) is 3.05. The van der Waals surface area contributed by atoms with Gasteiger partial charge in [0.25, 0.3) is 0 Å². The molecule has 150 valence electrons. The van der Waals surface area contributed by atoms with Gasteiger partial charge in [-0.05, 0) is 49.2 Å². The predicted octanol–water partition coefficient (Wildman–Crippen LogP) is 4.15. The van der Waals surface area contributed by atoms with Gasteiger partial charge in [-0.3, -0.25) is 9.59 Å². The second-order valence-electron chi connectivity index (χ2n) is 6.85. The van der Waals surface area contributed by atoms with E-state index in [0.29, 0.717) is 29.3 Å². The summed E-state index contributed by atoms with van der Waals surface area (Å²) in [5, 5.41) is 0. The Morgan fingerprint density at radius 2 is 1.72 bits per heavy atom. The molecule has 0 aromatic heterocycles. The molecule has 1 aliphatic carbocycles. The van der Waals surface area contributed by atoms with Crippen molar-refractivity contribution in [3.05, 3.63) is 65.7 Å². The van der Waals surface area contributed by atoms with E-state index < -0.39 is 17.4 Å². The smallest absolute Gasteiger partial charge is 0.322 e. The molecule has 0 radical (unpaired) electrons. The van der Waals surface area contributed by atoms with E-state index in [1.807, 2.05) is 25.1 Å². The van der Waals surface area contributed by atoms with Crippen LogP contribution in [0.4, 0.5) is 5.69 Å². The number of rotatable bonds is 5. The Hall–Kier alpha value is -3.41. The zero-order valence-electron chi connectivity index (χ0n) is 16.9. The molecule has 0 saturated heterocycles. The van der Waals surface area contributed by atoms with Crippen molar-refractivity contribution in [3.63, 3.8) is 0 Å². The fraction of sp³-hybridized carbons (Fsp3) is 0.261. The van der Waals surface area contributed by atoms with Gasteiger partial charge in [0.2, 0.25) is 0 Å². The number of para-hydroxylation sites is 2. The van der Waals surface area contributed by atoms with Crippen molar-refractivity contribution in [2.45, 2.75) is 25.7 Å². The molecule has 0 N–H and O–H groups in total. The van der Waals surface area contributed by atoms with Crippen LogP contribution in [0.25, 0.3) is 0 Å². The molecule has 2 aromatic rings. The van der Waals surface area contributed by atoms with Crippen LogP contribution in [0.2, 0.25) is 0 Å². The molecule has 0 heterocycles. The molecule has 1 atom stereocenters. The van der Waals surface area contributed by atoms with Gasteiger partial charge >= 0.3 is 11.9 Å². The zero-order valence-corrected chi connectivity index (χ0v) is 16.9. The number of aliphatic imine (C=N–C) groups is 1. The Labute approximate surface area is 169 Å². The molecular formula is C23H23NO5. The normalized spacial score (nSPS) is 19.6. The summed E-state index contributed by atoms with van der Waals surface area (Å²) in [6.45, 7) is 3.28. The zero-order chi connectivity index (χ0) is 21.0. The summed E-state index contributed by atoms with van der Waals surface area (Å²) >= 11 is 0. The van der Waals surface area contributed by atoms with E-state index in [1.54, 1.807) is 43.5 Å². The molecule has 0 aliphatic heterocycles. The number of esters is 2. The Kier molecular flexibility index (Phi) is 5.82. The number of benzene rings is 2. The van der Waals surface area contributed by atoms with Gasteiger partial charge in [0.15, 0.2) is 5.75 Å². The van der Waals surface area contributed by atoms with Crippen LogP contribution in [0.5, 0.6) is 11.5 Å². The maximum atomic E-state index is 13.0. The van der Waals surface area contributed by atoms with Crippen LogP contribution in [-0.4, -0.2) is 31.9 Å². The van der Waals surface area contributed by atoms with E-state index in [9.17, 15) is 9.59 Å². The topological polar surface area (TPSA) is 74.2 Å². The highest BCUT2D eigenvalue weighted by atomic mass is 16.5. The number of nitrogens with zero attached hydrogens (tertiary/aromatic N) is 1. The first kappa shape index (κ1) is 20.3. The Bertz CT molecular complexity index is 991. The first-order valence-electron chi connectivity index (χ1n) is 9.17. The summed E-state index contributed by atoms with van der Waals surface area (Å²) in [6.07, 6.45) is 2.33. The van der Waals surface area contributed by atoms with E-state index in [2.05, 4.69) is 0 Å². The summed E-state index contributed by atoms with van der Waals surface area (Å²) in [5.74, 6) is 0.179. The van der Waals surface area contributed by atoms with E-state index in [4.69, 9.17) is 19.2 Å². The van der Waals surface area contributed by atoms with Gasteiger partial charge in [0, 0.05) is 6.92 Å². The van der Waals surface area contributed by atoms with Gasteiger partial charge in [0.1, 0.15) is 16.9 Å². The first-order chi connectivity index (χ1) is 13.9. The average molecular weight is 393 g/mol. The third-order valence-electron chi connectivity index (χ3n) is 4.84. The number of hydrogen-bond donors (Lipinski definition) is 0. The van der Waals surface area contributed by atoms with Crippen molar-refractivity contribution in [1.82, 2.24) is 0 Å². The molecule has 0 fully saturated rings. The van der Waals surface area contributed by atoms with E-state index in [-0.39, 0.29) is 0 Å². The third kappa shape index (κ3) is 3.92. The van der Waals surface area contributed by atoms with Gasteiger partial charge in [-0.1, -0.05) is 29.8 Å². The van der Waals surface area contributed by atoms with Crippen LogP contribution in [-0.2, 0) is 19.7 Å².